The van der Waals surface area contributed by atoms with Crippen molar-refractivity contribution in [3.05, 3.63) is 35.4 Å². The number of rotatable bonds is 6. The second-order valence-corrected chi connectivity index (χ2v) is 4.21. The smallest absolute Gasteiger partial charge is 0.282 e. The summed E-state index contributed by atoms with van der Waals surface area (Å²) in [6.07, 6.45) is 0.963. The molecule has 17 heavy (non-hydrogen) atoms. The van der Waals surface area contributed by atoms with Gasteiger partial charge in [0.25, 0.3) is 5.92 Å². The van der Waals surface area contributed by atoms with Gasteiger partial charge >= 0.3 is 0 Å². The van der Waals surface area contributed by atoms with Crippen LogP contribution in [0.4, 0.5) is 8.78 Å². The molecule has 0 aliphatic carbocycles. The van der Waals surface area contributed by atoms with Gasteiger partial charge in [-0.1, -0.05) is 31.2 Å². The van der Waals surface area contributed by atoms with Gasteiger partial charge in [0.15, 0.2) is 0 Å². The van der Waals surface area contributed by atoms with Gasteiger partial charge in [0.05, 0.1) is 6.54 Å². The van der Waals surface area contributed by atoms with Crippen molar-refractivity contribution in [2.45, 2.75) is 32.2 Å². The van der Waals surface area contributed by atoms with Crippen LogP contribution in [0.3, 0.4) is 0 Å². The molecule has 0 aromatic heterocycles. The van der Waals surface area contributed by atoms with Gasteiger partial charge in [-0.25, -0.2) is 8.78 Å². The number of alkyl halides is 2. The van der Waals surface area contributed by atoms with E-state index in [2.05, 4.69) is 12.2 Å². The number of hydrogen-bond donors (Lipinski definition) is 2. The van der Waals surface area contributed by atoms with E-state index in [1.54, 1.807) is 0 Å². The highest BCUT2D eigenvalue weighted by atomic mass is 19.3. The van der Waals surface area contributed by atoms with E-state index < -0.39 is 19.1 Å². The second kappa shape index (κ2) is 6.07. The maximum atomic E-state index is 12.8. The highest BCUT2D eigenvalue weighted by molar-refractivity contribution is 5.24. The Morgan fingerprint density at radius 3 is 2.35 bits per heavy atom. The van der Waals surface area contributed by atoms with Gasteiger partial charge in [0.2, 0.25) is 0 Å². The number of nitrogens with one attached hydrogen (secondary N) is 1. The standard InChI is InChI=1S/C13H19F2NO/c1-3-11-4-6-12(7-5-11)10(2)16-8-13(14,15)9-17/h4-7,10,16-17H,3,8-9H2,1-2H3. The maximum absolute atomic E-state index is 12.8. The molecular weight excluding hydrogens is 224 g/mol. The van der Waals surface area contributed by atoms with Gasteiger partial charge < -0.3 is 10.4 Å². The summed E-state index contributed by atoms with van der Waals surface area (Å²) < 4.78 is 25.7. The fourth-order valence-corrected chi connectivity index (χ4v) is 1.52. The SMILES string of the molecule is CCc1ccc(C(C)NCC(F)(F)CO)cc1. The zero-order chi connectivity index (χ0) is 12.9. The first kappa shape index (κ1) is 14.1. The fourth-order valence-electron chi connectivity index (χ4n) is 1.52. The molecule has 1 atom stereocenters. The van der Waals surface area contributed by atoms with E-state index in [9.17, 15) is 8.78 Å². The summed E-state index contributed by atoms with van der Waals surface area (Å²) in [4.78, 5) is 0. The minimum atomic E-state index is -3.06. The molecule has 0 bridgehead atoms. The van der Waals surface area contributed by atoms with Crippen LogP contribution in [0.25, 0.3) is 0 Å². The van der Waals surface area contributed by atoms with Crippen LogP contribution in [0, 0.1) is 0 Å². The molecule has 1 aromatic rings. The monoisotopic (exact) mass is 243 g/mol. The third kappa shape index (κ3) is 4.40. The van der Waals surface area contributed by atoms with Crippen LogP contribution in [-0.2, 0) is 6.42 Å². The topological polar surface area (TPSA) is 32.3 Å². The molecule has 0 radical (unpaired) electrons. The van der Waals surface area contributed by atoms with Crippen molar-refractivity contribution in [2.24, 2.45) is 0 Å². The molecule has 4 heteroatoms. The lowest BCUT2D eigenvalue weighted by Crippen LogP contribution is -2.37. The van der Waals surface area contributed by atoms with Gasteiger partial charge in [0, 0.05) is 6.04 Å². The largest absolute Gasteiger partial charge is 0.390 e. The molecule has 0 saturated heterocycles. The summed E-state index contributed by atoms with van der Waals surface area (Å²) in [7, 11) is 0. The van der Waals surface area contributed by atoms with Gasteiger partial charge in [0.1, 0.15) is 6.61 Å². The Morgan fingerprint density at radius 2 is 1.88 bits per heavy atom. The first-order chi connectivity index (χ1) is 7.98. The summed E-state index contributed by atoms with van der Waals surface area (Å²) in [5, 5.41) is 11.2. The number of benzene rings is 1. The molecule has 0 aliphatic heterocycles. The van der Waals surface area contributed by atoms with E-state index >= 15 is 0 Å². The molecular formula is C13H19F2NO. The van der Waals surface area contributed by atoms with Crippen LogP contribution in [0.2, 0.25) is 0 Å². The quantitative estimate of drug-likeness (QED) is 0.804. The third-order valence-corrected chi connectivity index (χ3v) is 2.79. The highest BCUT2D eigenvalue weighted by Gasteiger charge is 2.27. The molecule has 0 fully saturated rings. The average molecular weight is 243 g/mol. The second-order valence-electron chi connectivity index (χ2n) is 4.21. The Morgan fingerprint density at radius 1 is 1.29 bits per heavy atom. The average Bonchev–Trinajstić information content (AvgIpc) is 2.36. The lowest BCUT2D eigenvalue weighted by atomic mass is 10.0. The van der Waals surface area contributed by atoms with Gasteiger partial charge in [-0.3, -0.25) is 0 Å². The molecule has 1 rings (SSSR count). The zero-order valence-corrected chi connectivity index (χ0v) is 10.2. The predicted molar refractivity (Wildman–Crippen MR) is 64.3 cm³/mol. The van der Waals surface area contributed by atoms with Gasteiger partial charge in [-0.15, -0.1) is 0 Å². The normalized spacial score (nSPS) is 13.7. The van der Waals surface area contributed by atoms with Crippen LogP contribution in [0.5, 0.6) is 0 Å². The van der Waals surface area contributed by atoms with Crippen molar-refractivity contribution >= 4 is 0 Å². The number of hydrogen-bond acceptors (Lipinski definition) is 2. The Labute approximate surface area is 101 Å². The molecule has 2 N–H and O–H groups in total. The van der Waals surface area contributed by atoms with E-state index in [1.165, 1.54) is 5.56 Å². The van der Waals surface area contributed by atoms with Crippen molar-refractivity contribution in [2.75, 3.05) is 13.2 Å². The molecule has 1 unspecified atom stereocenters. The molecule has 0 heterocycles. The fraction of sp³-hybridized carbons (Fsp3) is 0.538. The number of aryl methyl sites for hydroxylation is 1. The Bertz CT molecular complexity index is 338. The van der Waals surface area contributed by atoms with E-state index in [0.29, 0.717) is 0 Å². The third-order valence-electron chi connectivity index (χ3n) is 2.79. The van der Waals surface area contributed by atoms with Crippen LogP contribution in [0.15, 0.2) is 24.3 Å². The summed E-state index contributed by atoms with van der Waals surface area (Å²) in [6.45, 7) is 2.26. The summed E-state index contributed by atoms with van der Waals surface area (Å²) >= 11 is 0. The number of aliphatic hydroxyl groups is 1. The minimum absolute atomic E-state index is 0.154. The van der Waals surface area contributed by atoms with E-state index in [-0.39, 0.29) is 6.04 Å². The predicted octanol–water partition coefficient (Wildman–Crippen LogP) is 2.53. The summed E-state index contributed by atoms with van der Waals surface area (Å²) in [5.74, 6) is -3.06. The molecule has 1 aromatic carbocycles. The zero-order valence-electron chi connectivity index (χ0n) is 10.2. The molecule has 0 spiro atoms. The van der Waals surface area contributed by atoms with Gasteiger partial charge in [-0.05, 0) is 24.5 Å². The lowest BCUT2D eigenvalue weighted by molar-refractivity contribution is -0.0490. The van der Waals surface area contributed by atoms with Crippen LogP contribution < -0.4 is 5.32 Å². The number of halogens is 2. The van der Waals surface area contributed by atoms with Crippen molar-refractivity contribution in [1.29, 1.82) is 0 Å². The van der Waals surface area contributed by atoms with E-state index in [1.807, 2.05) is 31.2 Å². The Balaban J connectivity index is 2.54. The number of aliphatic hydroxyl groups excluding tert-OH is 1. The van der Waals surface area contributed by atoms with Gasteiger partial charge in [-0.2, -0.15) is 0 Å². The summed E-state index contributed by atoms with van der Waals surface area (Å²) in [6, 6.07) is 7.72. The van der Waals surface area contributed by atoms with Crippen molar-refractivity contribution in [3.63, 3.8) is 0 Å². The molecule has 0 saturated carbocycles. The molecule has 96 valence electrons. The summed E-state index contributed by atoms with van der Waals surface area (Å²) in [5.41, 5.74) is 2.19. The van der Waals surface area contributed by atoms with E-state index in [4.69, 9.17) is 5.11 Å². The van der Waals surface area contributed by atoms with Crippen LogP contribution in [-0.4, -0.2) is 24.2 Å². The minimum Gasteiger partial charge on any atom is -0.390 e. The Hall–Kier alpha value is -1.00. The molecule has 0 amide bonds. The molecule has 0 aliphatic rings. The Kier molecular flexibility index (Phi) is 5.02. The lowest BCUT2D eigenvalue weighted by Gasteiger charge is -2.19. The maximum Gasteiger partial charge on any atom is 0.282 e. The van der Waals surface area contributed by atoms with Crippen LogP contribution >= 0.6 is 0 Å². The van der Waals surface area contributed by atoms with Crippen molar-refractivity contribution < 1.29 is 13.9 Å². The molecule has 2 nitrogen and oxygen atoms in total. The first-order valence-electron chi connectivity index (χ1n) is 5.79. The highest BCUT2D eigenvalue weighted by Crippen LogP contribution is 2.16. The van der Waals surface area contributed by atoms with E-state index in [0.717, 1.165) is 12.0 Å². The first-order valence-corrected chi connectivity index (χ1v) is 5.79. The van der Waals surface area contributed by atoms with Crippen molar-refractivity contribution in [3.8, 4) is 0 Å². The van der Waals surface area contributed by atoms with Crippen LogP contribution in [0.1, 0.15) is 31.0 Å². The van der Waals surface area contributed by atoms with Crippen molar-refractivity contribution in [1.82, 2.24) is 5.32 Å².